The number of carbonyl (C=O) groups is 1. The summed E-state index contributed by atoms with van der Waals surface area (Å²) < 4.78 is 26.9. The first-order chi connectivity index (χ1) is 13.3. The largest absolute Gasteiger partial charge is 0.352 e. The molecule has 28 heavy (non-hydrogen) atoms. The average Bonchev–Trinajstić information content (AvgIpc) is 2.67. The lowest BCUT2D eigenvalue weighted by molar-refractivity contribution is -0.126. The molecule has 3 rings (SSSR count). The lowest BCUT2D eigenvalue weighted by Crippen LogP contribution is -2.43. The molecule has 150 valence electrons. The summed E-state index contributed by atoms with van der Waals surface area (Å²) in [6.07, 6.45) is 1.06. The van der Waals surface area contributed by atoms with Crippen molar-refractivity contribution < 1.29 is 13.2 Å². The highest BCUT2D eigenvalue weighted by Crippen LogP contribution is 2.22. The van der Waals surface area contributed by atoms with Gasteiger partial charge < -0.3 is 5.32 Å². The summed E-state index contributed by atoms with van der Waals surface area (Å²) in [4.78, 5) is 12.4. The SMILES string of the molecule is Cc1cccc(CS(=O)(=O)N2CCC(C(=O)NCc3ccccc3Cl)CC2)c1. The molecule has 0 atom stereocenters. The van der Waals surface area contributed by atoms with Crippen molar-refractivity contribution in [1.29, 1.82) is 0 Å². The fraction of sp³-hybridized carbons (Fsp3) is 0.381. The molecule has 0 unspecified atom stereocenters. The minimum atomic E-state index is -3.38. The van der Waals surface area contributed by atoms with Crippen LogP contribution in [0.15, 0.2) is 48.5 Å². The number of benzene rings is 2. The number of hydrogen-bond donors (Lipinski definition) is 1. The van der Waals surface area contributed by atoms with Crippen LogP contribution in [0.2, 0.25) is 5.02 Å². The van der Waals surface area contributed by atoms with E-state index in [2.05, 4.69) is 5.32 Å². The molecule has 1 N–H and O–H groups in total. The second-order valence-electron chi connectivity index (χ2n) is 7.23. The molecule has 0 aliphatic carbocycles. The van der Waals surface area contributed by atoms with Crippen LogP contribution in [0.1, 0.15) is 29.5 Å². The van der Waals surface area contributed by atoms with Crippen LogP contribution in [0.3, 0.4) is 0 Å². The maximum atomic E-state index is 12.7. The van der Waals surface area contributed by atoms with Gasteiger partial charge in [-0.05, 0) is 37.0 Å². The number of hydrogen-bond acceptors (Lipinski definition) is 3. The fourth-order valence-electron chi connectivity index (χ4n) is 3.47. The van der Waals surface area contributed by atoms with E-state index in [-0.39, 0.29) is 17.6 Å². The topological polar surface area (TPSA) is 66.5 Å². The highest BCUT2D eigenvalue weighted by Gasteiger charge is 2.31. The van der Waals surface area contributed by atoms with Crippen molar-refractivity contribution in [2.75, 3.05) is 13.1 Å². The Bertz CT molecular complexity index is 938. The molecule has 2 aromatic carbocycles. The Hall–Kier alpha value is -1.89. The van der Waals surface area contributed by atoms with E-state index in [4.69, 9.17) is 11.6 Å². The van der Waals surface area contributed by atoms with E-state index in [0.717, 1.165) is 16.7 Å². The lowest BCUT2D eigenvalue weighted by atomic mass is 9.97. The summed E-state index contributed by atoms with van der Waals surface area (Å²) in [5.41, 5.74) is 2.71. The van der Waals surface area contributed by atoms with E-state index in [0.29, 0.717) is 37.5 Å². The zero-order valence-corrected chi connectivity index (χ0v) is 17.5. The summed E-state index contributed by atoms with van der Waals surface area (Å²) in [5, 5.41) is 3.54. The van der Waals surface area contributed by atoms with Gasteiger partial charge in [0.2, 0.25) is 15.9 Å². The summed E-state index contributed by atoms with van der Waals surface area (Å²) in [5.74, 6) is -0.221. The first-order valence-corrected chi connectivity index (χ1v) is 11.4. The summed E-state index contributed by atoms with van der Waals surface area (Å²) >= 11 is 6.11. The molecule has 1 aliphatic heterocycles. The van der Waals surface area contributed by atoms with Crippen molar-refractivity contribution >= 4 is 27.5 Å². The molecule has 1 fully saturated rings. The standard InChI is InChI=1S/C21H25ClN2O3S/c1-16-5-4-6-17(13-16)15-28(26,27)24-11-9-18(10-12-24)21(25)23-14-19-7-2-3-8-20(19)22/h2-8,13,18H,9-12,14-15H2,1H3,(H,23,25). The Labute approximate surface area is 171 Å². The van der Waals surface area contributed by atoms with E-state index >= 15 is 0 Å². The monoisotopic (exact) mass is 420 g/mol. The first-order valence-electron chi connectivity index (χ1n) is 9.39. The summed E-state index contributed by atoms with van der Waals surface area (Å²) in [6, 6.07) is 14.9. The van der Waals surface area contributed by atoms with Gasteiger partial charge in [0.25, 0.3) is 0 Å². The van der Waals surface area contributed by atoms with Crippen molar-refractivity contribution in [3.63, 3.8) is 0 Å². The van der Waals surface area contributed by atoms with Crippen LogP contribution in [0, 0.1) is 12.8 Å². The van der Waals surface area contributed by atoms with Crippen LogP contribution in [-0.4, -0.2) is 31.7 Å². The number of sulfonamides is 1. The Morgan fingerprint density at radius 1 is 1.14 bits per heavy atom. The maximum absolute atomic E-state index is 12.7. The van der Waals surface area contributed by atoms with Crippen molar-refractivity contribution in [2.45, 2.75) is 32.1 Å². The number of amides is 1. The van der Waals surface area contributed by atoms with Gasteiger partial charge in [-0.25, -0.2) is 12.7 Å². The highest BCUT2D eigenvalue weighted by molar-refractivity contribution is 7.88. The summed E-state index contributed by atoms with van der Waals surface area (Å²) in [6.45, 7) is 3.07. The van der Waals surface area contributed by atoms with Crippen molar-refractivity contribution in [3.05, 3.63) is 70.2 Å². The smallest absolute Gasteiger partial charge is 0.223 e. The van der Waals surface area contributed by atoms with Gasteiger partial charge in [0.05, 0.1) is 5.75 Å². The molecule has 0 saturated carbocycles. The zero-order valence-electron chi connectivity index (χ0n) is 15.9. The second kappa shape index (κ2) is 9.07. The van der Waals surface area contributed by atoms with E-state index < -0.39 is 10.0 Å². The Morgan fingerprint density at radius 2 is 1.86 bits per heavy atom. The minimum absolute atomic E-state index is 0.00194. The van der Waals surface area contributed by atoms with Crippen LogP contribution >= 0.6 is 11.6 Å². The normalized spacial score (nSPS) is 16.1. The quantitative estimate of drug-likeness (QED) is 0.777. The van der Waals surface area contributed by atoms with Crippen LogP contribution in [0.25, 0.3) is 0 Å². The van der Waals surface area contributed by atoms with Crippen LogP contribution in [0.4, 0.5) is 0 Å². The average molecular weight is 421 g/mol. The maximum Gasteiger partial charge on any atom is 0.223 e. The molecule has 5 nitrogen and oxygen atoms in total. The Balaban J connectivity index is 1.52. The van der Waals surface area contributed by atoms with Crippen molar-refractivity contribution in [2.24, 2.45) is 5.92 Å². The first kappa shape index (κ1) is 20.8. The third kappa shape index (κ3) is 5.34. The molecule has 2 aromatic rings. The number of carbonyl (C=O) groups excluding carboxylic acids is 1. The van der Waals surface area contributed by atoms with Crippen molar-refractivity contribution in [3.8, 4) is 0 Å². The molecular weight excluding hydrogens is 396 g/mol. The molecule has 0 spiro atoms. The van der Waals surface area contributed by atoms with Crippen molar-refractivity contribution in [1.82, 2.24) is 9.62 Å². The highest BCUT2D eigenvalue weighted by atomic mass is 35.5. The van der Waals surface area contributed by atoms with Crippen LogP contribution in [0.5, 0.6) is 0 Å². The van der Waals surface area contributed by atoms with E-state index in [1.807, 2.05) is 49.4 Å². The molecule has 0 bridgehead atoms. The van der Waals surface area contributed by atoms with E-state index in [1.54, 1.807) is 6.07 Å². The van der Waals surface area contributed by atoms with E-state index in [9.17, 15) is 13.2 Å². The molecule has 0 aromatic heterocycles. The molecule has 1 aliphatic rings. The fourth-order valence-corrected chi connectivity index (χ4v) is 5.22. The van der Waals surface area contributed by atoms with Gasteiger partial charge in [-0.1, -0.05) is 59.6 Å². The molecule has 1 amide bonds. The minimum Gasteiger partial charge on any atom is -0.352 e. The molecule has 1 heterocycles. The van der Waals surface area contributed by atoms with Gasteiger partial charge >= 0.3 is 0 Å². The Morgan fingerprint density at radius 3 is 2.54 bits per heavy atom. The van der Waals surface area contributed by atoms with E-state index in [1.165, 1.54) is 4.31 Å². The summed E-state index contributed by atoms with van der Waals surface area (Å²) in [7, 11) is -3.38. The van der Waals surface area contributed by atoms with Gasteiger partial charge in [0.15, 0.2) is 0 Å². The van der Waals surface area contributed by atoms with Crippen LogP contribution < -0.4 is 5.32 Å². The number of nitrogens with one attached hydrogen (secondary N) is 1. The zero-order chi connectivity index (χ0) is 20.1. The molecule has 7 heteroatoms. The molecule has 1 saturated heterocycles. The molecule has 0 radical (unpaired) electrons. The molecular formula is C21H25ClN2O3S. The predicted molar refractivity (Wildman–Crippen MR) is 111 cm³/mol. The third-order valence-corrected chi connectivity index (χ3v) is 7.28. The lowest BCUT2D eigenvalue weighted by Gasteiger charge is -2.30. The second-order valence-corrected chi connectivity index (χ2v) is 9.60. The number of nitrogens with zero attached hydrogens (tertiary/aromatic N) is 1. The van der Waals surface area contributed by atoms with Gasteiger partial charge in [0.1, 0.15) is 0 Å². The third-order valence-electron chi connectivity index (χ3n) is 5.06. The van der Waals surface area contributed by atoms with Gasteiger partial charge in [0, 0.05) is 30.6 Å². The van der Waals surface area contributed by atoms with Gasteiger partial charge in [-0.2, -0.15) is 0 Å². The Kier molecular flexibility index (Phi) is 6.75. The predicted octanol–water partition coefficient (Wildman–Crippen LogP) is 3.51. The number of aryl methyl sites for hydroxylation is 1. The number of rotatable bonds is 6. The van der Waals surface area contributed by atoms with Gasteiger partial charge in [-0.15, -0.1) is 0 Å². The van der Waals surface area contributed by atoms with Crippen LogP contribution in [-0.2, 0) is 27.1 Å². The number of piperidine rings is 1. The number of halogens is 1. The van der Waals surface area contributed by atoms with Gasteiger partial charge in [-0.3, -0.25) is 4.79 Å².